The Bertz CT molecular complexity index is 412. The normalized spacial score (nSPS) is 18.3. The second-order valence-electron chi connectivity index (χ2n) is 5.12. The van der Waals surface area contributed by atoms with E-state index in [4.69, 9.17) is 25.2 Å². The molecule has 1 aromatic carbocycles. The highest BCUT2D eigenvalue weighted by Gasteiger charge is 2.22. The van der Waals surface area contributed by atoms with Crippen molar-refractivity contribution in [3.05, 3.63) is 46.0 Å². The van der Waals surface area contributed by atoms with E-state index < -0.39 is 5.09 Å². The van der Waals surface area contributed by atoms with E-state index in [0.717, 1.165) is 45.6 Å². The number of hydrogen-bond donors (Lipinski definition) is 2. The molecule has 0 spiro atoms. The summed E-state index contributed by atoms with van der Waals surface area (Å²) in [5.74, 6) is 0. The van der Waals surface area contributed by atoms with Gasteiger partial charge in [-0.25, -0.2) is 0 Å². The molecule has 7 heteroatoms. The van der Waals surface area contributed by atoms with Crippen LogP contribution in [-0.4, -0.2) is 59.3 Å². The number of morpholine rings is 1. The molecular formula is C15H24N2O5. The Morgan fingerprint density at radius 1 is 1.32 bits per heavy atom. The van der Waals surface area contributed by atoms with Gasteiger partial charge in [-0.05, 0) is 31.4 Å². The molecule has 0 radical (unpaired) electrons. The molecule has 124 valence electrons. The van der Waals surface area contributed by atoms with Gasteiger partial charge in [0.25, 0.3) is 5.09 Å². The molecule has 2 N–H and O–H groups in total. The van der Waals surface area contributed by atoms with Crippen molar-refractivity contribution < 1.29 is 20.1 Å². The van der Waals surface area contributed by atoms with E-state index >= 15 is 0 Å². The Hall–Kier alpha value is -1.70. The molecule has 7 nitrogen and oxygen atoms in total. The van der Waals surface area contributed by atoms with Gasteiger partial charge in [-0.3, -0.25) is 4.90 Å². The van der Waals surface area contributed by atoms with Gasteiger partial charge in [-0.15, -0.1) is 10.1 Å². The van der Waals surface area contributed by atoms with E-state index in [9.17, 15) is 0 Å². The van der Waals surface area contributed by atoms with Gasteiger partial charge in [0, 0.05) is 19.2 Å². The fourth-order valence-electron chi connectivity index (χ4n) is 2.48. The Kier molecular flexibility index (Phi) is 9.13. The summed E-state index contributed by atoms with van der Waals surface area (Å²) in [6.45, 7) is 4.05. The third-order valence-corrected chi connectivity index (χ3v) is 3.52. The van der Waals surface area contributed by atoms with Crippen LogP contribution in [0.1, 0.15) is 18.4 Å². The molecule has 2 rings (SSSR count). The maximum absolute atomic E-state index is 8.85. The van der Waals surface area contributed by atoms with E-state index in [1.807, 2.05) is 0 Å². The van der Waals surface area contributed by atoms with Gasteiger partial charge in [0.1, 0.15) is 0 Å². The minimum Gasteiger partial charge on any atom is -0.396 e. The van der Waals surface area contributed by atoms with Crippen LogP contribution in [0.25, 0.3) is 0 Å². The van der Waals surface area contributed by atoms with Gasteiger partial charge in [0.05, 0.1) is 13.2 Å². The zero-order chi connectivity index (χ0) is 16.2. The molecule has 22 heavy (non-hydrogen) atoms. The number of nitrogens with zero attached hydrogens (tertiary/aromatic N) is 2. The first-order valence-corrected chi connectivity index (χ1v) is 7.43. The highest BCUT2D eigenvalue weighted by molar-refractivity contribution is 5.16. The molecule has 0 bridgehead atoms. The maximum Gasteiger partial charge on any atom is 0.291 e. The van der Waals surface area contributed by atoms with Crippen molar-refractivity contribution in [3.63, 3.8) is 0 Å². The molecule has 0 amide bonds. The number of aliphatic hydroxyl groups excluding tert-OH is 1. The maximum atomic E-state index is 8.85. The van der Waals surface area contributed by atoms with Crippen LogP contribution in [0.4, 0.5) is 0 Å². The Balaban J connectivity index is 0.000000541. The summed E-state index contributed by atoms with van der Waals surface area (Å²) in [5.41, 5.74) is 1.38. The summed E-state index contributed by atoms with van der Waals surface area (Å²) >= 11 is 0. The lowest BCUT2D eigenvalue weighted by Gasteiger charge is -2.35. The van der Waals surface area contributed by atoms with Crippen molar-refractivity contribution in [2.45, 2.75) is 25.3 Å². The van der Waals surface area contributed by atoms with E-state index in [1.54, 1.807) is 0 Å². The Labute approximate surface area is 130 Å². The highest BCUT2D eigenvalue weighted by Crippen LogP contribution is 2.14. The predicted octanol–water partition coefficient (Wildman–Crippen LogP) is 1.35. The van der Waals surface area contributed by atoms with Crippen LogP contribution in [0.5, 0.6) is 0 Å². The monoisotopic (exact) mass is 312 g/mol. The number of aliphatic hydroxyl groups is 1. The fourth-order valence-corrected chi connectivity index (χ4v) is 2.48. The standard InChI is InChI=1S/C15H23NO2.HNO3/c17-10-5-4-8-16-9-11-18-13-15(16)12-14-6-2-1-3-7-14;2-1(3)4/h1-3,6-7,15,17H,4-5,8-13H2;(H,2,3,4). The lowest BCUT2D eigenvalue weighted by molar-refractivity contribution is -0.742. The Morgan fingerprint density at radius 2 is 2.00 bits per heavy atom. The molecule has 0 aromatic heterocycles. The first kappa shape index (κ1) is 18.3. The highest BCUT2D eigenvalue weighted by atomic mass is 16.9. The van der Waals surface area contributed by atoms with Gasteiger partial charge < -0.3 is 15.1 Å². The summed E-state index contributed by atoms with van der Waals surface area (Å²) in [7, 11) is 0. The third kappa shape index (κ3) is 7.92. The van der Waals surface area contributed by atoms with Gasteiger partial charge in [0.15, 0.2) is 0 Å². The summed E-state index contributed by atoms with van der Waals surface area (Å²) in [5, 5.41) is 22.5. The zero-order valence-corrected chi connectivity index (χ0v) is 12.6. The zero-order valence-electron chi connectivity index (χ0n) is 12.6. The van der Waals surface area contributed by atoms with Crippen LogP contribution in [0, 0.1) is 10.1 Å². The molecule has 1 heterocycles. The molecule has 1 aliphatic rings. The van der Waals surface area contributed by atoms with Crippen LogP contribution in [0.2, 0.25) is 0 Å². The predicted molar refractivity (Wildman–Crippen MR) is 81.4 cm³/mol. The Morgan fingerprint density at radius 3 is 2.64 bits per heavy atom. The summed E-state index contributed by atoms with van der Waals surface area (Å²) in [6, 6.07) is 11.1. The molecule has 1 fully saturated rings. The van der Waals surface area contributed by atoms with Crippen molar-refractivity contribution in [3.8, 4) is 0 Å². The van der Waals surface area contributed by atoms with Crippen molar-refractivity contribution in [1.29, 1.82) is 0 Å². The molecule has 1 aromatic rings. The van der Waals surface area contributed by atoms with Crippen LogP contribution >= 0.6 is 0 Å². The fraction of sp³-hybridized carbons (Fsp3) is 0.600. The van der Waals surface area contributed by atoms with Crippen LogP contribution in [0.15, 0.2) is 30.3 Å². The molecule has 0 aliphatic carbocycles. The molecule has 1 unspecified atom stereocenters. The number of hydrogen-bond acceptors (Lipinski definition) is 5. The van der Waals surface area contributed by atoms with E-state index in [0.29, 0.717) is 12.6 Å². The first-order chi connectivity index (χ1) is 10.6. The quantitative estimate of drug-likeness (QED) is 0.468. The number of ether oxygens (including phenoxy) is 1. The van der Waals surface area contributed by atoms with Crippen molar-refractivity contribution in [2.24, 2.45) is 0 Å². The largest absolute Gasteiger partial charge is 0.396 e. The lowest BCUT2D eigenvalue weighted by Crippen LogP contribution is -2.47. The second-order valence-corrected chi connectivity index (χ2v) is 5.12. The van der Waals surface area contributed by atoms with Gasteiger partial charge in [-0.1, -0.05) is 30.3 Å². The topological polar surface area (TPSA) is 96.1 Å². The molecule has 1 atom stereocenters. The second kappa shape index (κ2) is 10.9. The summed E-state index contributed by atoms with van der Waals surface area (Å²) < 4.78 is 5.60. The SMILES string of the molecule is O=[N+]([O-])O.OCCCCN1CCOCC1Cc1ccccc1. The van der Waals surface area contributed by atoms with Crippen LogP contribution in [0.3, 0.4) is 0 Å². The summed E-state index contributed by atoms with van der Waals surface area (Å²) in [6.07, 6.45) is 3.02. The lowest BCUT2D eigenvalue weighted by atomic mass is 10.0. The van der Waals surface area contributed by atoms with Crippen molar-refractivity contribution >= 4 is 0 Å². The van der Waals surface area contributed by atoms with Gasteiger partial charge in [-0.2, -0.15) is 0 Å². The molecule has 0 saturated carbocycles. The average molecular weight is 312 g/mol. The first-order valence-electron chi connectivity index (χ1n) is 7.43. The van der Waals surface area contributed by atoms with E-state index in [2.05, 4.69) is 35.2 Å². The minimum absolute atomic E-state index is 0.299. The van der Waals surface area contributed by atoms with Crippen molar-refractivity contribution in [2.75, 3.05) is 32.9 Å². The number of unbranched alkanes of at least 4 members (excludes halogenated alkanes) is 1. The number of rotatable bonds is 6. The average Bonchev–Trinajstić information content (AvgIpc) is 2.50. The van der Waals surface area contributed by atoms with Gasteiger partial charge in [0.2, 0.25) is 0 Å². The van der Waals surface area contributed by atoms with Crippen LogP contribution < -0.4 is 0 Å². The molecular weight excluding hydrogens is 288 g/mol. The van der Waals surface area contributed by atoms with Gasteiger partial charge >= 0.3 is 0 Å². The minimum atomic E-state index is -1.50. The number of benzene rings is 1. The van der Waals surface area contributed by atoms with E-state index in [-0.39, 0.29) is 0 Å². The molecule has 1 aliphatic heterocycles. The third-order valence-electron chi connectivity index (χ3n) is 3.52. The van der Waals surface area contributed by atoms with Crippen LogP contribution in [-0.2, 0) is 11.2 Å². The van der Waals surface area contributed by atoms with Crippen molar-refractivity contribution in [1.82, 2.24) is 4.90 Å². The molecule has 1 saturated heterocycles. The smallest absolute Gasteiger partial charge is 0.291 e. The van der Waals surface area contributed by atoms with E-state index in [1.165, 1.54) is 5.56 Å². The summed E-state index contributed by atoms with van der Waals surface area (Å²) in [4.78, 5) is 10.9.